The number of benzene rings is 1. The van der Waals surface area contributed by atoms with Gasteiger partial charge in [0.15, 0.2) is 0 Å². The second-order valence-corrected chi connectivity index (χ2v) is 5.93. The molecule has 1 aromatic rings. The highest BCUT2D eigenvalue weighted by Gasteiger charge is 2.32. The summed E-state index contributed by atoms with van der Waals surface area (Å²) in [5.74, 6) is 0.794. The van der Waals surface area contributed by atoms with E-state index < -0.39 is 0 Å². The van der Waals surface area contributed by atoms with Crippen LogP contribution >= 0.6 is 0 Å². The van der Waals surface area contributed by atoms with E-state index in [4.69, 9.17) is 0 Å². The van der Waals surface area contributed by atoms with Crippen molar-refractivity contribution in [2.45, 2.75) is 59.8 Å². The molecular weight excluding hydrogens is 240 g/mol. The molecule has 1 saturated carbocycles. The fraction of sp³-hybridized carbons (Fsp3) is 0.500. The third kappa shape index (κ3) is 2.61. The van der Waals surface area contributed by atoms with Gasteiger partial charge in [-0.1, -0.05) is 76.5 Å². The number of fused-ring (bicyclic) bond motifs is 2. The summed E-state index contributed by atoms with van der Waals surface area (Å²) >= 11 is 0. The van der Waals surface area contributed by atoms with E-state index in [1.165, 1.54) is 25.7 Å². The second-order valence-electron chi connectivity index (χ2n) is 5.93. The van der Waals surface area contributed by atoms with Crippen LogP contribution in [0.25, 0.3) is 11.1 Å². The predicted octanol–water partition coefficient (Wildman–Crippen LogP) is 4.36. The number of allylic oxidation sites excluding steroid dienone is 2. The highest BCUT2D eigenvalue weighted by molar-refractivity contribution is 5.81. The van der Waals surface area contributed by atoms with Gasteiger partial charge in [-0.2, -0.15) is 0 Å². The highest BCUT2D eigenvalue weighted by Crippen LogP contribution is 2.42. The monoisotopic (exact) mass is 268 g/mol. The molecule has 0 radical (unpaired) electrons. The van der Waals surface area contributed by atoms with Crippen LogP contribution in [0, 0.1) is 5.92 Å². The average molecular weight is 268 g/mol. The summed E-state index contributed by atoms with van der Waals surface area (Å²) < 4.78 is 0. The van der Waals surface area contributed by atoms with Crippen molar-refractivity contribution in [2.24, 2.45) is 5.92 Å². The molecule has 108 valence electrons. The Balaban J connectivity index is 0.000000215. The van der Waals surface area contributed by atoms with Gasteiger partial charge in [-0.05, 0) is 40.8 Å². The number of hydrogen-bond acceptors (Lipinski definition) is 0. The van der Waals surface area contributed by atoms with Crippen molar-refractivity contribution in [1.82, 2.24) is 0 Å². The van der Waals surface area contributed by atoms with Gasteiger partial charge in [-0.25, -0.2) is 0 Å². The summed E-state index contributed by atoms with van der Waals surface area (Å²) in [6, 6.07) is 6.82. The topological polar surface area (TPSA) is 0 Å². The van der Waals surface area contributed by atoms with Gasteiger partial charge >= 0.3 is 0 Å². The van der Waals surface area contributed by atoms with E-state index in [1.807, 2.05) is 0 Å². The van der Waals surface area contributed by atoms with E-state index in [2.05, 4.69) is 58.0 Å². The lowest BCUT2D eigenvalue weighted by Gasteiger charge is -2.27. The van der Waals surface area contributed by atoms with Gasteiger partial charge < -0.3 is 0 Å². The van der Waals surface area contributed by atoms with E-state index in [9.17, 15) is 0 Å². The summed E-state index contributed by atoms with van der Waals surface area (Å²) in [5.41, 5.74) is 4.87. The Morgan fingerprint density at radius 1 is 1.05 bits per heavy atom. The van der Waals surface area contributed by atoms with E-state index in [-0.39, 0.29) is 0 Å². The number of hydrogen-bond donors (Lipinski definition) is 0. The summed E-state index contributed by atoms with van der Waals surface area (Å²) in [6.07, 6.45) is 11.0. The molecule has 3 aliphatic rings. The van der Waals surface area contributed by atoms with Crippen molar-refractivity contribution < 1.29 is 0 Å². The van der Waals surface area contributed by atoms with Gasteiger partial charge in [0.25, 0.3) is 0 Å². The maximum absolute atomic E-state index is 2.36. The van der Waals surface area contributed by atoms with Gasteiger partial charge in [0.05, 0.1) is 0 Å². The van der Waals surface area contributed by atoms with Crippen molar-refractivity contribution in [3.05, 3.63) is 46.4 Å². The van der Waals surface area contributed by atoms with Crippen LogP contribution in [0.4, 0.5) is 0 Å². The molecule has 0 bridgehead atoms. The zero-order valence-corrected chi connectivity index (χ0v) is 13.5. The van der Waals surface area contributed by atoms with Crippen LogP contribution in [0.1, 0.15) is 58.9 Å². The van der Waals surface area contributed by atoms with Gasteiger partial charge in [-0.3, -0.25) is 0 Å². The third-order valence-electron chi connectivity index (χ3n) is 3.92. The van der Waals surface area contributed by atoms with Gasteiger partial charge in [0.2, 0.25) is 0 Å². The van der Waals surface area contributed by atoms with Gasteiger partial charge in [-0.15, -0.1) is 0 Å². The second kappa shape index (κ2) is 6.92. The van der Waals surface area contributed by atoms with Crippen molar-refractivity contribution in [1.29, 1.82) is 0 Å². The van der Waals surface area contributed by atoms with Crippen LogP contribution in [0.15, 0.2) is 30.4 Å². The van der Waals surface area contributed by atoms with Crippen LogP contribution in [0.2, 0.25) is 0 Å². The summed E-state index contributed by atoms with van der Waals surface area (Å²) in [4.78, 5) is 0. The summed E-state index contributed by atoms with van der Waals surface area (Å²) in [6.45, 7) is 8.50. The molecule has 1 aromatic carbocycles. The Morgan fingerprint density at radius 2 is 1.75 bits per heavy atom. The molecule has 0 amide bonds. The Hall–Kier alpha value is -1.30. The lowest BCUT2D eigenvalue weighted by Crippen LogP contribution is -2.28. The molecule has 0 N–H and O–H groups in total. The quantitative estimate of drug-likeness (QED) is 0.656. The zero-order chi connectivity index (χ0) is 14.5. The Bertz CT molecular complexity index is 599. The fourth-order valence-corrected chi connectivity index (χ4v) is 3.16. The van der Waals surface area contributed by atoms with Crippen LogP contribution in [0.5, 0.6) is 0 Å². The number of rotatable bonds is 0. The Morgan fingerprint density at radius 3 is 2.35 bits per heavy atom. The minimum Gasteiger partial charge on any atom is -0.0798 e. The molecule has 3 aliphatic carbocycles. The normalized spacial score (nSPS) is 19.9. The Labute approximate surface area is 123 Å². The maximum atomic E-state index is 2.36. The van der Waals surface area contributed by atoms with Crippen molar-refractivity contribution in [3.63, 3.8) is 0 Å². The molecule has 20 heavy (non-hydrogen) atoms. The van der Waals surface area contributed by atoms with Gasteiger partial charge in [0, 0.05) is 5.92 Å². The van der Waals surface area contributed by atoms with E-state index >= 15 is 0 Å². The third-order valence-corrected chi connectivity index (χ3v) is 3.92. The predicted molar refractivity (Wildman–Crippen MR) is 90.0 cm³/mol. The summed E-state index contributed by atoms with van der Waals surface area (Å²) in [7, 11) is 0. The minimum atomic E-state index is 0.794. The van der Waals surface area contributed by atoms with Crippen LogP contribution in [-0.2, 0) is 6.42 Å². The molecule has 0 spiro atoms. The molecule has 0 aromatic heterocycles. The molecule has 0 heteroatoms. The van der Waals surface area contributed by atoms with Crippen LogP contribution < -0.4 is 10.4 Å². The lowest BCUT2D eigenvalue weighted by molar-refractivity contribution is 0.640. The smallest absolute Gasteiger partial charge is 0.00665 e. The van der Waals surface area contributed by atoms with Crippen LogP contribution in [0.3, 0.4) is 0 Å². The highest BCUT2D eigenvalue weighted by atomic mass is 14.4. The van der Waals surface area contributed by atoms with Crippen LogP contribution in [-0.4, -0.2) is 0 Å². The standard InChI is InChI=1S/C14H12.2C3H8/c1-3-9-4-2-6-13-11-8-7-10(11)12(5-1)14(9)13;2*1-3-2/h1-3,5-6,11H,4,7-8H2;2*3H2,1-2H3. The molecule has 0 aliphatic heterocycles. The van der Waals surface area contributed by atoms with E-state index in [0.29, 0.717) is 0 Å². The first kappa shape index (κ1) is 15.1. The van der Waals surface area contributed by atoms with E-state index in [0.717, 1.165) is 12.3 Å². The first-order chi connectivity index (χ1) is 9.78. The fourth-order valence-electron chi connectivity index (χ4n) is 3.16. The molecule has 1 atom stereocenters. The molecule has 0 heterocycles. The Kier molecular flexibility index (Phi) is 5.23. The molecule has 0 saturated heterocycles. The van der Waals surface area contributed by atoms with Crippen molar-refractivity contribution >= 4 is 11.1 Å². The SMILES string of the molecule is C1=CC2=c3c(cccc3=C3CCC32)C1.CCC.CCC. The maximum Gasteiger partial charge on any atom is 0.00665 e. The first-order valence-corrected chi connectivity index (χ1v) is 8.30. The minimum absolute atomic E-state index is 0.794. The molecular formula is C20H28. The summed E-state index contributed by atoms with van der Waals surface area (Å²) in [5, 5.41) is 3.16. The van der Waals surface area contributed by atoms with Gasteiger partial charge in [0.1, 0.15) is 0 Å². The molecule has 4 rings (SSSR count). The molecule has 1 fully saturated rings. The van der Waals surface area contributed by atoms with Crippen molar-refractivity contribution in [3.8, 4) is 0 Å². The molecule has 1 unspecified atom stereocenters. The lowest BCUT2D eigenvalue weighted by atomic mass is 9.77. The first-order valence-electron chi connectivity index (χ1n) is 8.30. The molecule has 0 nitrogen and oxygen atoms in total. The largest absolute Gasteiger partial charge is 0.0798 e. The average Bonchev–Trinajstić information content (AvgIpc) is 2.60. The zero-order valence-electron chi connectivity index (χ0n) is 13.5. The van der Waals surface area contributed by atoms with Crippen molar-refractivity contribution in [2.75, 3.05) is 0 Å². The van der Waals surface area contributed by atoms with E-state index in [1.54, 1.807) is 27.1 Å².